The molecule has 1 aromatic carbocycles. The summed E-state index contributed by atoms with van der Waals surface area (Å²) in [7, 11) is 0. The van der Waals surface area contributed by atoms with Gasteiger partial charge in [-0.2, -0.15) is 13.2 Å². The first-order chi connectivity index (χ1) is 10.3. The van der Waals surface area contributed by atoms with E-state index in [1.807, 2.05) is 13.8 Å². The molecule has 3 rings (SSSR count). The molecule has 2 N–H and O–H groups in total. The van der Waals surface area contributed by atoms with Crippen molar-refractivity contribution in [3.05, 3.63) is 29.0 Å². The molecule has 2 aromatic rings. The summed E-state index contributed by atoms with van der Waals surface area (Å²) in [5, 5.41) is 13.9. The van der Waals surface area contributed by atoms with Crippen LogP contribution in [-0.4, -0.2) is 16.2 Å². The van der Waals surface area contributed by atoms with Gasteiger partial charge < -0.3 is 15.0 Å². The van der Waals surface area contributed by atoms with Gasteiger partial charge in [0.2, 0.25) is 0 Å². The number of benzene rings is 1. The molecule has 0 saturated heterocycles. The molecule has 1 aliphatic rings. The van der Waals surface area contributed by atoms with Gasteiger partial charge in [-0.3, -0.25) is 0 Å². The van der Waals surface area contributed by atoms with E-state index in [0.717, 1.165) is 5.69 Å². The van der Waals surface area contributed by atoms with E-state index in [-0.39, 0.29) is 17.2 Å². The minimum atomic E-state index is -4.48. The molecule has 120 valence electrons. The first-order valence-corrected chi connectivity index (χ1v) is 7.44. The van der Waals surface area contributed by atoms with Crippen LogP contribution >= 0.6 is 0 Å². The summed E-state index contributed by atoms with van der Waals surface area (Å²) in [4.78, 5) is 0. The Bertz CT molecular complexity index is 716. The van der Waals surface area contributed by atoms with Gasteiger partial charge in [-0.05, 0) is 30.0 Å². The number of nitrogens with zero attached hydrogens (tertiary/aromatic N) is 1. The van der Waals surface area contributed by atoms with Crippen LogP contribution in [0.4, 0.5) is 13.2 Å². The van der Waals surface area contributed by atoms with Crippen LogP contribution in [-0.2, 0) is 25.7 Å². The standard InChI is InChI=1S/C16H19F3N2O/c1-9(2)5-10-6-11-13-8-20-3-4-21(13)15(22)14(11)12(7-10)16(17,18)19/h6-7,9,20,22H,3-5,8H2,1-2H3. The van der Waals surface area contributed by atoms with Crippen LogP contribution in [0.5, 0.6) is 5.88 Å². The molecule has 0 spiro atoms. The fourth-order valence-electron chi connectivity index (χ4n) is 3.22. The van der Waals surface area contributed by atoms with Gasteiger partial charge in [0.05, 0.1) is 10.9 Å². The first kappa shape index (κ1) is 15.2. The highest BCUT2D eigenvalue weighted by Gasteiger charge is 2.36. The van der Waals surface area contributed by atoms with Gasteiger partial charge in [0.15, 0.2) is 5.88 Å². The van der Waals surface area contributed by atoms with Crippen molar-refractivity contribution in [1.82, 2.24) is 9.88 Å². The van der Waals surface area contributed by atoms with Crippen molar-refractivity contribution < 1.29 is 18.3 Å². The van der Waals surface area contributed by atoms with E-state index in [1.165, 1.54) is 6.07 Å². The Hall–Kier alpha value is -1.69. The molecular weight excluding hydrogens is 293 g/mol. The summed E-state index contributed by atoms with van der Waals surface area (Å²) in [5.74, 6) is -0.00128. The fourth-order valence-corrected chi connectivity index (χ4v) is 3.22. The highest BCUT2D eigenvalue weighted by Crippen LogP contribution is 2.43. The molecule has 0 unspecified atom stereocenters. The number of rotatable bonds is 2. The predicted molar refractivity (Wildman–Crippen MR) is 78.9 cm³/mol. The first-order valence-electron chi connectivity index (χ1n) is 7.44. The Morgan fingerprint density at radius 1 is 1.32 bits per heavy atom. The number of hydrogen-bond acceptors (Lipinski definition) is 2. The second kappa shape index (κ2) is 5.19. The molecule has 6 heteroatoms. The third-order valence-electron chi connectivity index (χ3n) is 4.07. The molecule has 0 radical (unpaired) electrons. The van der Waals surface area contributed by atoms with Gasteiger partial charge in [0.25, 0.3) is 0 Å². The van der Waals surface area contributed by atoms with Crippen molar-refractivity contribution in [3.63, 3.8) is 0 Å². The van der Waals surface area contributed by atoms with Crippen molar-refractivity contribution in [2.24, 2.45) is 5.92 Å². The lowest BCUT2D eigenvalue weighted by molar-refractivity contribution is -0.136. The van der Waals surface area contributed by atoms with E-state index in [9.17, 15) is 18.3 Å². The summed E-state index contributed by atoms with van der Waals surface area (Å²) in [5.41, 5.74) is 0.656. The highest BCUT2D eigenvalue weighted by atomic mass is 19.4. The lowest BCUT2D eigenvalue weighted by atomic mass is 9.96. The SMILES string of the molecule is CC(C)Cc1cc(C(F)(F)F)c2c(O)n3c(c2c1)CNCC3. The third kappa shape index (κ3) is 2.45. The molecule has 1 aromatic heterocycles. The normalized spacial score (nSPS) is 15.5. The molecule has 0 fully saturated rings. The maximum absolute atomic E-state index is 13.4. The molecule has 0 bridgehead atoms. The Labute approximate surface area is 126 Å². The van der Waals surface area contributed by atoms with Gasteiger partial charge >= 0.3 is 6.18 Å². The van der Waals surface area contributed by atoms with Gasteiger partial charge in [0.1, 0.15) is 0 Å². The Kier molecular flexibility index (Phi) is 3.59. The molecular formula is C16H19F3N2O. The molecule has 22 heavy (non-hydrogen) atoms. The van der Waals surface area contributed by atoms with Crippen molar-refractivity contribution in [3.8, 4) is 5.88 Å². The van der Waals surface area contributed by atoms with E-state index in [4.69, 9.17) is 0 Å². The van der Waals surface area contributed by atoms with E-state index >= 15 is 0 Å². The van der Waals surface area contributed by atoms with E-state index in [2.05, 4.69) is 5.32 Å². The Morgan fingerprint density at radius 2 is 2.05 bits per heavy atom. The van der Waals surface area contributed by atoms with Crippen LogP contribution in [0.1, 0.15) is 30.7 Å². The molecule has 0 aliphatic carbocycles. The molecule has 1 aliphatic heterocycles. The van der Waals surface area contributed by atoms with Gasteiger partial charge in [-0.15, -0.1) is 0 Å². The topological polar surface area (TPSA) is 37.2 Å². The molecule has 0 saturated carbocycles. The molecule has 2 heterocycles. The number of fused-ring (bicyclic) bond motifs is 3. The molecule has 3 nitrogen and oxygen atoms in total. The minimum absolute atomic E-state index is 0.0706. The number of halogens is 3. The van der Waals surface area contributed by atoms with Crippen LogP contribution in [0.2, 0.25) is 0 Å². The van der Waals surface area contributed by atoms with Gasteiger partial charge in [-0.1, -0.05) is 13.8 Å². The smallest absolute Gasteiger partial charge is 0.417 e. The van der Waals surface area contributed by atoms with Crippen molar-refractivity contribution in [2.75, 3.05) is 6.54 Å². The zero-order valence-electron chi connectivity index (χ0n) is 12.6. The maximum atomic E-state index is 13.4. The average Bonchev–Trinajstić information content (AvgIpc) is 2.71. The second-order valence-electron chi connectivity index (χ2n) is 6.26. The Morgan fingerprint density at radius 3 is 2.68 bits per heavy atom. The number of hydrogen-bond donors (Lipinski definition) is 2. The van der Waals surface area contributed by atoms with Crippen LogP contribution in [0.25, 0.3) is 10.8 Å². The summed E-state index contributed by atoms with van der Waals surface area (Å²) >= 11 is 0. The van der Waals surface area contributed by atoms with Crippen LogP contribution < -0.4 is 5.32 Å². The van der Waals surface area contributed by atoms with Crippen LogP contribution in [0.15, 0.2) is 12.1 Å². The zero-order valence-corrected chi connectivity index (χ0v) is 12.6. The van der Waals surface area contributed by atoms with Gasteiger partial charge in [-0.25, -0.2) is 0 Å². The van der Waals surface area contributed by atoms with E-state index < -0.39 is 11.7 Å². The Balaban J connectivity index is 2.32. The molecule has 0 atom stereocenters. The molecule has 0 amide bonds. The monoisotopic (exact) mass is 312 g/mol. The summed E-state index contributed by atoms with van der Waals surface area (Å²) < 4.78 is 41.9. The lowest BCUT2D eigenvalue weighted by Gasteiger charge is -2.17. The zero-order chi connectivity index (χ0) is 16.1. The number of alkyl halides is 3. The van der Waals surface area contributed by atoms with Crippen molar-refractivity contribution in [2.45, 2.75) is 39.5 Å². The largest absolute Gasteiger partial charge is 0.494 e. The van der Waals surface area contributed by atoms with Crippen LogP contribution in [0, 0.1) is 5.92 Å². The number of aromatic hydroxyl groups is 1. The lowest BCUT2D eigenvalue weighted by Crippen LogP contribution is -2.27. The van der Waals surface area contributed by atoms with Crippen molar-refractivity contribution >= 4 is 10.8 Å². The van der Waals surface area contributed by atoms with E-state index in [1.54, 1.807) is 10.6 Å². The van der Waals surface area contributed by atoms with Crippen LogP contribution in [0.3, 0.4) is 0 Å². The summed E-state index contributed by atoms with van der Waals surface area (Å²) in [6.07, 6.45) is -3.90. The van der Waals surface area contributed by atoms with Crippen molar-refractivity contribution in [1.29, 1.82) is 0 Å². The third-order valence-corrected chi connectivity index (χ3v) is 4.07. The van der Waals surface area contributed by atoms with E-state index in [0.29, 0.717) is 37.0 Å². The quantitative estimate of drug-likeness (QED) is 0.888. The number of nitrogens with one attached hydrogen (secondary N) is 1. The number of aromatic nitrogens is 1. The average molecular weight is 312 g/mol. The second-order valence-corrected chi connectivity index (χ2v) is 6.26. The minimum Gasteiger partial charge on any atom is -0.494 e. The summed E-state index contributed by atoms with van der Waals surface area (Å²) in [6, 6.07) is 2.98. The summed E-state index contributed by atoms with van der Waals surface area (Å²) in [6.45, 7) is 5.55. The fraction of sp³-hybridized carbons (Fsp3) is 0.500. The predicted octanol–water partition coefficient (Wildman–Crippen LogP) is 3.67. The van der Waals surface area contributed by atoms with Gasteiger partial charge in [0, 0.05) is 30.7 Å². The highest BCUT2D eigenvalue weighted by molar-refractivity contribution is 5.95. The maximum Gasteiger partial charge on any atom is 0.417 e.